The Morgan fingerprint density at radius 1 is 0.791 bits per heavy atom. The number of anilines is 1. The lowest BCUT2D eigenvalue weighted by Gasteiger charge is -2.32. The van der Waals surface area contributed by atoms with Gasteiger partial charge in [0, 0.05) is 81.1 Å². The van der Waals surface area contributed by atoms with Crippen LogP contribution >= 0.6 is 0 Å². The SMILES string of the molecule is COCCOCC[N+]1=C(/C=C2\C(=O)C(/C=C3/N(CCCC(=O)ON4C(=O)CCC4=O)c4ccc(S(=O)(=O)O)cc4C3(C)CCOC)=C2O)C(C)(CCCS(=O)(=O)O)c2cc(S(=O)(=O)O)ccc21. The van der Waals surface area contributed by atoms with E-state index in [9.17, 15) is 63.2 Å². The van der Waals surface area contributed by atoms with Crippen molar-refractivity contribution in [2.24, 2.45) is 0 Å². The number of rotatable bonds is 22. The molecule has 0 saturated carbocycles. The lowest BCUT2D eigenvalue weighted by Crippen LogP contribution is -2.35. The van der Waals surface area contributed by atoms with Crippen molar-refractivity contribution in [2.75, 3.05) is 64.4 Å². The highest BCUT2D eigenvalue weighted by molar-refractivity contribution is 7.86. The number of allylic oxidation sites excluding steroid dienone is 5. The highest BCUT2D eigenvalue weighted by Gasteiger charge is 2.51. The third-order valence-electron chi connectivity index (χ3n) is 12.3. The largest absolute Gasteiger partial charge is 0.506 e. The van der Waals surface area contributed by atoms with Crippen molar-refractivity contribution in [2.45, 2.75) is 79.4 Å². The van der Waals surface area contributed by atoms with Crippen LogP contribution in [-0.4, -0.2) is 142 Å². The molecule has 0 radical (unpaired) electrons. The molecule has 3 aliphatic heterocycles. The summed E-state index contributed by atoms with van der Waals surface area (Å²) in [5.41, 5.74) is -0.519. The molecule has 364 valence electrons. The van der Waals surface area contributed by atoms with Gasteiger partial charge in [-0.3, -0.25) is 28.0 Å². The Hall–Kier alpha value is -5.18. The van der Waals surface area contributed by atoms with Gasteiger partial charge < -0.3 is 29.1 Å². The molecule has 6 rings (SSSR count). The van der Waals surface area contributed by atoms with Crippen molar-refractivity contribution in [1.29, 1.82) is 0 Å². The molecule has 2 aromatic rings. The maximum atomic E-state index is 14.4. The summed E-state index contributed by atoms with van der Waals surface area (Å²) in [7, 11) is -10.9. The van der Waals surface area contributed by atoms with Crippen molar-refractivity contribution < 1.29 is 86.8 Å². The summed E-state index contributed by atoms with van der Waals surface area (Å²) in [4.78, 5) is 57.2. The summed E-state index contributed by atoms with van der Waals surface area (Å²) in [6.07, 6.45) is 2.43. The van der Waals surface area contributed by atoms with E-state index in [0.29, 0.717) is 39.0 Å². The molecule has 67 heavy (non-hydrogen) atoms. The minimum atomic E-state index is -4.73. The Morgan fingerprint density at radius 3 is 2.01 bits per heavy atom. The minimum absolute atomic E-state index is 0.0274. The molecule has 1 fully saturated rings. The van der Waals surface area contributed by atoms with Crippen LogP contribution in [0.1, 0.15) is 69.9 Å². The van der Waals surface area contributed by atoms with E-state index in [-0.39, 0.29) is 95.6 Å². The van der Waals surface area contributed by atoms with Crippen molar-refractivity contribution in [3.63, 3.8) is 0 Å². The number of aliphatic hydroxyl groups is 1. The third-order valence-corrected chi connectivity index (χ3v) is 14.8. The smallest absolute Gasteiger partial charge is 0.333 e. The summed E-state index contributed by atoms with van der Waals surface area (Å²) in [6, 6.07) is 7.78. The molecule has 21 nitrogen and oxygen atoms in total. The number of ketones is 1. The maximum Gasteiger partial charge on any atom is 0.333 e. The Labute approximate surface area is 387 Å². The molecule has 0 bridgehead atoms. The number of hydrogen-bond acceptors (Lipinski definition) is 16. The molecule has 2 aromatic carbocycles. The van der Waals surface area contributed by atoms with Crippen molar-refractivity contribution in [1.82, 2.24) is 5.06 Å². The van der Waals surface area contributed by atoms with Crippen molar-refractivity contribution in [3.05, 3.63) is 82.3 Å². The van der Waals surface area contributed by atoms with Gasteiger partial charge in [-0.25, -0.2) is 4.79 Å². The fourth-order valence-corrected chi connectivity index (χ4v) is 10.3. The van der Waals surface area contributed by atoms with E-state index in [1.807, 2.05) is 0 Å². The first-order valence-corrected chi connectivity index (χ1v) is 25.5. The van der Waals surface area contributed by atoms with Gasteiger partial charge in [0.2, 0.25) is 11.5 Å². The van der Waals surface area contributed by atoms with Gasteiger partial charge in [-0.2, -0.15) is 29.8 Å². The second-order valence-electron chi connectivity index (χ2n) is 16.7. The third kappa shape index (κ3) is 10.8. The molecule has 4 aliphatic rings. The average molecular weight is 995 g/mol. The van der Waals surface area contributed by atoms with Gasteiger partial charge in [-0.05, 0) is 81.5 Å². The van der Waals surface area contributed by atoms with E-state index in [1.165, 1.54) is 62.8 Å². The number of methoxy groups -OCH3 is 2. The number of amides is 2. The fourth-order valence-electron chi connectivity index (χ4n) is 8.80. The second kappa shape index (κ2) is 19.8. The van der Waals surface area contributed by atoms with Crippen LogP contribution in [0.5, 0.6) is 0 Å². The predicted octanol–water partition coefficient (Wildman–Crippen LogP) is 3.27. The van der Waals surface area contributed by atoms with Crippen LogP contribution in [-0.2, 0) is 79.4 Å². The van der Waals surface area contributed by atoms with Crippen LogP contribution in [0.4, 0.5) is 11.4 Å². The lowest BCUT2D eigenvalue weighted by atomic mass is 9.73. The van der Waals surface area contributed by atoms with E-state index < -0.39 is 86.1 Å². The van der Waals surface area contributed by atoms with Gasteiger partial charge in [-0.1, -0.05) is 0 Å². The van der Waals surface area contributed by atoms with E-state index in [1.54, 1.807) is 23.3 Å². The normalized spacial score (nSPS) is 22.1. The molecule has 2 atom stereocenters. The number of carbonyl (C=O) groups excluding carboxylic acids is 4. The van der Waals surface area contributed by atoms with Gasteiger partial charge in [0.15, 0.2) is 12.3 Å². The van der Waals surface area contributed by atoms with E-state index >= 15 is 0 Å². The zero-order valence-corrected chi connectivity index (χ0v) is 39.5. The molecule has 1 saturated heterocycles. The zero-order chi connectivity index (χ0) is 49.3. The topological polar surface area (TPSA) is 298 Å². The van der Waals surface area contributed by atoms with Crippen molar-refractivity contribution >= 4 is 71.0 Å². The average Bonchev–Trinajstić information content (AvgIpc) is 3.78. The van der Waals surface area contributed by atoms with Gasteiger partial charge in [0.1, 0.15) is 12.4 Å². The van der Waals surface area contributed by atoms with Crippen LogP contribution < -0.4 is 4.90 Å². The number of ether oxygens (including phenoxy) is 3. The van der Waals surface area contributed by atoms with Gasteiger partial charge >= 0.3 is 5.97 Å². The first-order chi connectivity index (χ1) is 31.4. The minimum Gasteiger partial charge on any atom is -0.506 e. The van der Waals surface area contributed by atoms with Crippen LogP contribution in [0.15, 0.2) is 80.9 Å². The Bertz CT molecular complexity index is 2840. The predicted molar refractivity (Wildman–Crippen MR) is 236 cm³/mol. The summed E-state index contributed by atoms with van der Waals surface area (Å²) < 4.78 is 121. The first kappa shape index (κ1) is 51.2. The highest BCUT2D eigenvalue weighted by Crippen LogP contribution is 2.52. The Kier molecular flexibility index (Phi) is 15.1. The highest BCUT2D eigenvalue weighted by atomic mass is 32.2. The summed E-state index contributed by atoms with van der Waals surface area (Å²) in [6.45, 7) is 4.25. The molecule has 0 spiro atoms. The van der Waals surface area contributed by atoms with Crippen LogP contribution in [0.2, 0.25) is 0 Å². The Balaban J connectivity index is 1.45. The molecule has 2 amide bonds. The molecular formula is C43H52N3O18S3+. The first-order valence-electron chi connectivity index (χ1n) is 21.0. The number of hydrogen-bond donors (Lipinski definition) is 4. The number of benzene rings is 2. The molecule has 0 aromatic heterocycles. The molecule has 4 N–H and O–H groups in total. The van der Waals surface area contributed by atoms with E-state index in [2.05, 4.69) is 0 Å². The van der Waals surface area contributed by atoms with Crippen LogP contribution in [0.25, 0.3) is 0 Å². The second-order valence-corrected chi connectivity index (χ2v) is 21.1. The van der Waals surface area contributed by atoms with Crippen molar-refractivity contribution in [3.8, 4) is 0 Å². The summed E-state index contributed by atoms with van der Waals surface area (Å²) in [5.74, 6) is -3.97. The number of fused-ring (bicyclic) bond motifs is 2. The van der Waals surface area contributed by atoms with Gasteiger partial charge in [-0.15, -0.1) is 5.06 Å². The quantitative estimate of drug-likeness (QED) is 0.0433. The Morgan fingerprint density at radius 2 is 1.42 bits per heavy atom. The maximum absolute atomic E-state index is 14.4. The van der Waals surface area contributed by atoms with E-state index in [0.717, 1.165) is 0 Å². The van der Waals surface area contributed by atoms with Gasteiger partial charge in [0.05, 0.1) is 45.3 Å². The lowest BCUT2D eigenvalue weighted by molar-refractivity contribution is -0.442. The molecular weight excluding hydrogens is 943 g/mol. The van der Waals surface area contributed by atoms with E-state index in [4.69, 9.17) is 19.0 Å². The number of hydroxylamine groups is 2. The number of aliphatic hydroxyl groups excluding tert-OH is 1. The molecule has 3 heterocycles. The number of Topliss-reactive ketones (excluding diaryl/α,β-unsaturated/α-hetero) is 1. The zero-order valence-electron chi connectivity index (χ0n) is 37.1. The van der Waals surface area contributed by atoms with Crippen LogP contribution in [0.3, 0.4) is 0 Å². The number of nitrogens with zero attached hydrogens (tertiary/aromatic N) is 3. The monoisotopic (exact) mass is 994 g/mol. The number of carbonyl (C=O) groups is 4. The summed E-state index contributed by atoms with van der Waals surface area (Å²) >= 11 is 0. The molecule has 1 aliphatic carbocycles. The fraction of sp³-hybridized carbons (Fsp3) is 0.465. The van der Waals surface area contributed by atoms with Crippen LogP contribution in [0, 0.1) is 0 Å². The number of imide groups is 1. The van der Waals surface area contributed by atoms with Gasteiger partial charge in [0.25, 0.3) is 42.2 Å². The molecule has 24 heteroatoms. The molecule has 2 unspecified atom stereocenters. The standard InChI is InChI=1S/C43H51N3O18S3/c1-42(14-6-22-65(52,53)54)31-23-27(66(55,56)57)9-11-34(31)45(17-19-63-21-20-62-4)35(42)25-29-40(50)30(41(29)51)26-36-43(2,15-18-61-3)32-24-28(67(58,59)60)8-10-33(32)44(36)16-5-7-39(49)64-46-37(47)12-13-38(46)48/h8-11,23-26H,5-7,12-22H2,1-4H3,(H3-,50,51,52,53,54,55,56,57,58,59,60)/p+1. The summed E-state index contributed by atoms with van der Waals surface area (Å²) in [5, 5.41) is 12.3.